The van der Waals surface area contributed by atoms with Crippen LogP contribution in [0.5, 0.6) is 11.5 Å². The van der Waals surface area contributed by atoms with Crippen LogP contribution < -0.4 is 14.2 Å². The maximum absolute atomic E-state index is 12.6. The standard InChI is InChI=1S/C30H48N4O11S/c31-34-33-19-15-13-11-9-7-5-3-1-2-4-6-8-10-12-14-18-32-28(38)21-16-17-22(23(20-21)45-46(41)42)43-30-26(37)24(35)25(36)27(44-30)29(39)40/h16-17,20,24-27,30,35-37H,1-15,18-19H2,(H,32,38)(H,39,40)(H,41,42)/p-1/t24-,25+,26-,27-,30+/m0/s1. The van der Waals surface area contributed by atoms with E-state index in [1.165, 1.54) is 69.9 Å². The molecule has 46 heavy (non-hydrogen) atoms. The molecule has 0 saturated carbocycles. The van der Waals surface area contributed by atoms with Gasteiger partial charge in [0.05, 0.1) is 0 Å². The first-order valence-corrected chi connectivity index (χ1v) is 17.0. The Morgan fingerprint density at radius 2 is 1.41 bits per heavy atom. The lowest BCUT2D eigenvalue weighted by atomic mass is 9.99. The molecule has 260 valence electrons. The van der Waals surface area contributed by atoms with Crippen LogP contribution in [0.1, 0.15) is 107 Å². The number of rotatable bonds is 24. The number of unbranched alkanes of at least 4 members (excludes halogenated alkanes) is 14. The number of aliphatic carboxylic acids is 1. The number of hydrogen-bond acceptors (Lipinski definition) is 11. The number of ether oxygens (including phenoxy) is 2. The van der Waals surface area contributed by atoms with Crippen molar-refractivity contribution < 1.29 is 52.4 Å². The van der Waals surface area contributed by atoms with E-state index in [2.05, 4.69) is 15.3 Å². The molecule has 0 spiro atoms. The second-order valence-corrected chi connectivity index (χ2v) is 11.9. The number of aliphatic hydroxyl groups is 3. The number of carbonyl (C=O) groups is 2. The summed E-state index contributed by atoms with van der Waals surface area (Å²) < 4.78 is 37.6. The summed E-state index contributed by atoms with van der Waals surface area (Å²) in [5.41, 5.74) is 8.31. The van der Waals surface area contributed by atoms with Crippen LogP contribution in [0.3, 0.4) is 0 Å². The van der Waals surface area contributed by atoms with Crippen LogP contribution in [0.25, 0.3) is 10.4 Å². The number of carboxylic acid groups (broad SMARTS) is 1. The smallest absolute Gasteiger partial charge is 0.335 e. The first-order chi connectivity index (χ1) is 22.1. The van der Waals surface area contributed by atoms with E-state index in [-0.39, 0.29) is 11.3 Å². The number of hydrogen-bond donors (Lipinski definition) is 5. The van der Waals surface area contributed by atoms with E-state index in [0.717, 1.165) is 44.6 Å². The summed E-state index contributed by atoms with van der Waals surface area (Å²) in [7, 11) is 0. The molecule has 0 bridgehead atoms. The second kappa shape index (κ2) is 22.5. The lowest BCUT2D eigenvalue weighted by Gasteiger charge is -2.38. The Morgan fingerprint density at radius 3 is 1.93 bits per heavy atom. The Morgan fingerprint density at radius 1 is 0.870 bits per heavy atom. The van der Waals surface area contributed by atoms with Crippen LogP contribution >= 0.6 is 0 Å². The van der Waals surface area contributed by atoms with Gasteiger partial charge in [-0.3, -0.25) is 4.79 Å². The quantitative estimate of drug-likeness (QED) is 0.0345. The van der Waals surface area contributed by atoms with Gasteiger partial charge in [0.1, 0.15) is 29.7 Å². The van der Waals surface area contributed by atoms with E-state index in [9.17, 15) is 38.8 Å². The molecule has 16 heteroatoms. The molecule has 1 saturated heterocycles. The Balaban J connectivity index is 1.64. The molecular formula is C30H47N4O11S-. The van der Waals surface area contributed by atoms with E-state index >= 15 is 0 Å². The van der Waals surface area contributed by atoms with Gasteiger partial charge in [0.15, 0.2) is 17.6 Å². The van der Waals surface area contributed by atoms with Gasteiger partial charge >= 0.3 is 5.97 Å². The minimum absolute atomic E-state index is 0.0685. The highest BCUT2D eigenvalue weighted by molar-refractivity contribution is 7.74. The van der Waals surface area contributed by atoms with Crippen molar-refractivity contribution >= 4 is 23.2 Å². The Labute approximate surface area is 271 Å². The summed E-state index contributed by atoms with van der Waals surface area (Å²) in [6, 6.07) is 3.60. The first kappa shape index (κ1) is 39.2. The minimum atomic E-state index is -3.07. The van der Waals surface area contributed by atoms with Crippen LogP contribution in [0.2, 0.25) is 0 Å². The van der Waals surface area contributed by atoms with Gasteiger partial charge in [0.2, 0.25) is 6.29 Å². The van der Waals surface area contributed by atoms with Crippen LogP contribution in [0, 0.1) is 0 Å². The molecule has 0 radical (unpaired) electrons. The van der Waals surface area contributed by atoms with Crippen molar-refractivity contribution in [3.8, 4) is 11.5 Å². The van der Waals surface area contributed by atoms with Crippen molar-refractivity contribution in [1.82, 2.24) is 5.32 Å². The lowest BCUT2D eigenvalue weighted by molar-refractivity contribution is -0.271. The average Bonchev–Trinajstić information content (AvgIpc) is 3.02. The van der Waals surface area contributed by atoms with E-state index in [0.29, 0.717) is 13.1 Å². The molecule has 1 unspecified atom stereocenters. The van der Waals surface area contributed by atoms with Gasteiger partial charge in [-0.2, -0.15) is 0 Å². The molecule has 1 fully saturated rings. The molecule has 5 N–H and O–H groups in total. The number of nitrogens with zero attached hydrogens (tertiary/aromatic N) is 3. The molecule has 15 nitrogen and oxygen atoms in total. The van der Waals surface area contributed by atoms with Crippen LogP contribution in [-0.2, 0) is 20.9 Å². The monoisotopic (exact) mass is 671 g/mol. The van der Waals surface area contributed by atoms with Crippen molar-refractivity contribution in [1.29, 1.82) is 0 Å². The zero-order valence-corrected chi connectivity index (χ0v) is 26.9. The number of aliphatic hydroxyl groups excluding tert-OH is 3. The maximum atomic E-state index is 12.6. The van der Waals surface area contributed by atoms with Gasteiger partial charge in [-0.25, -0.2) is 9.00 Å². The van der Waals surface area contributed by atoms with Gasteiger partial charge in [-0.05, 0) is 36.6 Å². The molecule has 2 rings (SSSR count). The number of nitrogens with one attached hydrogen (secondary N) is 1. The summed E-state index contributed by atoms with van der Waals surface area (Å²) in [5, 5.41) is 45.5. The fraction of sp³-hybridized carbons (Fsp3) is 0.733. The van der Waals surface area contributed by atoms with Crippen molar-refractivity contribution in [3.63, 3.8) is 0 Å². The molecule has 1 amide bonds. The Bertz CT molecular complexity index is 1140. The van der Waals surface area contributed by atoms with Crippen LogP contribution in [0.4, 0.5) is 0 Å². The molecular weight excluding hydrogens is 624 g/mol. The second-order valence-electron chi connectivity index (χ2n) is 11.3. The summed E-state index contributed by atoms with van der Waals surface area (Å²) >= 11 is -3.07. The summed E-state index contributed by atoms with van der Waals surface area (Å²) in [6.07, 6.45) is 7.81. The number of carboxylic acids is 1. The lowest BCUT2D eigenvalue weighted by Crippen LogP contribution is -2.61. The normalized spacial score (nSPS) is 21.6. The zero-order valence-electron chi connectivity index (χ0n) is 26.0. The van der Waals surface area contributed by atoms with Gasteiger partial charge in [0, 0.05) is 23.6 Å². The molecule has 1 aliphatic heterocycles. The zero-order chi connectivity index (χ0) is 33.7. The van der Waals surface area contributed by atoms with Crippen LogP contribution in [0.15, 0.2) is 23.3 Å². The van der Waals surface area contributed by atoms with E-state index in [1.807, 2.05) is 0 Å². The highest BCUT2D eigenvalue weighted by Crippen LogP contribution is 2.33. The number of azide groups is 1. The minimum Gasteiger partial charge on any atom is -0.740 e. The Hall–Kier alpha value is -2.98. The molecule has 6 atom stereocenters. The third-order valence-corrected chi connectivity index (χ3v) is 8.02. The molecule has 1 aliphatic rings. The molecule has 1 heterocycles. The van der Waals surface area contributed by atoms with E-state index in [4.69, 9.17) is 19.2 Å². The predicted molar refractivity (Wildman–Crippen MR) is 167 cm³/mol. The van der Waals surface area contributed by atoms with Crippen molar-refractivity contribution in [2.24, 2.45) is 5.11 Å². The fourth-order valence-electron chi connectivity index (χ4n) is 5.11. The fourth-order valence-corrected chi connectivity index (χ4v) is 5.39. The average molecular weight is 672 g/mol. The maximum Gasteiger partial charge on any atom is 0.335 e. The summed E-state index contributed by atoms with van der Waals surface area (Å²) in [6.45, 7) is 1.02. The third-order valence-electron chi connectivity index (χ3n) is 7.70. The van der Waals surface area contributed by atoms with E-state index < -0.39 is 59.7 Å². The number of amides is 1. The summed E-state index contributed by atoms with van der Waals surface area (Å²) in [5.74, 6) is -2.83. The largest absolute Gasteiger partial charge is 0.740 e. The van der Waals surface area contributed by atoms with Crippen molar-refractivity contribution in [2.75, 3.05) is 13.1 Å². The topological polar surface area (TPSA) is 244 Å². The third kappa shape index (κ3) is 14.6. The van der Waals surface area contributed by atoms with Gasteiger partial charge in [-0.15, -0.1) is 0 Å². The molecule has 0 aromatic heterocycles. The summed E-state index contributed by atoms with van der Waals surface area (Å²) in [4.78, 5) is 26.7. The highest BCUT2D eigenvalue weighted by atomic mass is 32.2. The van der Waals surface area contributed by atoms with E-state index in [1.54, 1.807) is 0 Å². The van der Waals surface area contributed by atoms with Gasteiger partial charge in [0.25, 0.3) is 5.91 Å². The molecule has 0 aliphatic carbocycles. The van der Waals surface area contributed by atoms with Crippen LogP contribution in [-0.4, -0.2) is 84.9 Å². The van der Waals surface area contributed by atoms with Crippen molar-refractivity contribution in [3.05, 3.63) is 34.2 Å². The van der Waals surface area contributed by atoms with Gasteiger partial charge in [-0.1, -0.05) is 88.6 Å². The molecule has 1 aromatic carbocycles. The first-order valence-electron chi connectivity index (χ1n) is 16.0. The highest BCUT2D eigenvalue weighted by Gasteiger charge is 2.48. The molecule has 1 aromatic rings. The number of carbonyl (C=O) groups excluding carboxylic acids is 1. The number of benzene rings is 1. The van der Waals surface area contributed by atoms with Gasteiger partial charge < -0.3 is 44.0 Å². The van der Waals surface area contributed by atoms with Crippen molar-refractivity contribution in [2.45, 2.75) is 127 Å². The SMILES string of the molecule is [N-]=[N+]=NCCCCCCCCCCCCCCCCCNC(=O)c1ccc(O[C@@H]2O[C@H](C(=O)O)[C@H](O)[C@H](O)[C@@H]2O)c(OS(=O)[O-])c1. The Kier molecular flexibility index (Phi) is 19.2. The predicted octanol–water partition coefficient (Wildman–Crippen LogP) is 4.02.